The number of phosphoric acid groups is 2. The summed E-state index contributed by atoms with van der Waals surface area (Å²) < 4.78 is 68.4. The summed E-state index contributed by atoms with van der Waals surface area (Å²) in [5.41, 5.74) is 0. The summed E-state index contributed by atoms with van der Waals surface area (Å²) in [5.74, 6) is -2.21. The minimum Gasteiger partial charge on any atom is -0.462 e. The first-order valence-corrected chi connectivity index (χ1v) is 41.2. The van der Waals surface area contributed by atoms with E-state index in [0.717, 1.165) is 154 Å². The molecule has 3 N–H and O–H groups in total. The molecule has 0 amide bonds. The van der Waals surface area contributed by atoms with Gasteiger partial charge in [0.05, 0.1) is 26.4 Å². The fourth-order valence-corrected chi connectivity index (χ4v) is 11.8. The van der Waals surface area contributed by atoms with Crippen LogP contribution in [0.4, 0.5) is 0 Å². The highest BCUT2D eigenvalue weighted by Gasteiger charge is 2.30. The van der Waals surface area contributed by atoms with Gasteiger partial charge in [-0.25, -0.2) is 9.13 Å². The van der Waals surface area contributed by atoms with Crippen molar-refractivity contribution in [2.24, 2.45) is 0 Å². The molecule has 17 nitrogen and oxygen atoms in total. The third kappa shape index (κ3) is 69.0. The van der Waals surface area contributed by atoms with Crippen LogP contribution in [0.2, 0.25) is 0 Å². The number of carbonyl (C=O) groups excluding carboxylic acids is 4. The standard InChI is InChI=1S/C77H138O17P2/c1-5-9-13-17-21-25-29-33-35-39-41-45-49-53-57-61-74(79)87-67-72(93-76(81)63-59-55-51-47-43-37-31-27-23-19-15-11-7-3)69-91-95(83,84)89-65-71(78)66-90-96(85,86)92-70-73(94-77(82)64-60-56-52-48-44-38-32-28-24-20-16-12-8-4)68-88-75(80)62-58-54-50-46-42-40-36-34-30-26-22-18-14-10-6-2/h25-36,71-73,78H,5-24,37-70H2,1-4H3,(H,83,84)(H,85,86)/b29-25-,30-26-,31-27-,32-28-,35-33-,36-34-/t72-,73-/m1/s1. The number of rotatable bonds is 72. The van der Waals surface area contributed by atoms with Crippen LogP contribution in [0.1, 0.15) is 336 Å². The van der Waals surface area contributed by atoms with E-state index in [1.54, 1.807) is 0 Å². The van der Waals surface area contributed by atoms with Gasteiger partial charge < -0.3 is 33.8 Å². The zero-order valence-electron chi connectivity index (χ0n) is 60.8. The van der Waals surface area contributed by atoms with E-state index >= 15 is 0 Å². The van der Waals surface area contributed by atoms with Crippen LogP contribution in [0.5, 0.6) is 0 Å². The number of hydrogen-bond donors (Lipinski definition) is 3. The van der Waals surface area contributed by atoms with Crippen LogP contribution < -0.4 is 0 Å². The molecule has 0 fully saturated rings. The molecule has 0 aliphatic carbocycles. The normalized spacial score (nSPS) is 14.4. The second kappa shape index (κ2) is 70.0. The molecule has 4 atom stereocenters. The fourth-order valence-electron chi connectivity index (χ4n) is 10.2. The Kier molecular flexibility index (Phi) is 67.4. The molecule has 0 aliphatic rings. The van der Waals surface area contributed by atoms with E-state index in [9.17, 15) is 43.2 Å². The lowest BCUT2D eigenvalue weighted by Crippen LogP contribution is -2.30. The van der Waals surface area contributed by atoms with E-state index in [1.807, 2.05) is 0 Å². The van der Waals surface area contributed by atoms with Crippen LogP contribution >= 0.6 is 15.6 Å². The Morgan fingerprint density at radius 1 is 0.292 bits per heavy atom. The quantitative estimate of drug-likeness (QED) is 0.0128. The van der Waals surface area contributed by atoms with Crippen molar-refractivity contribution in [1.82, 2.24) is 0 Å². The van der Waals surface area contributed by atoms with Crippen LogP contribution in [-0.2, 0) is 65.4 Å². The number of phosphoric ester groups is 2. The fraction of sp³-hybridized carbons (Fsp3) is 0.792. The van der Waals surface area contributed by atoms with Crippen LogP contribution in [0.25, 0.3) is 0 Å². The Morgan fingerprint density at radius 3 is 0.781 bits per heavy atom. The number of aliphatic hydroxyl groups is 1. The van der Waals surface area contributed by atoms with Gasteiger partial charge in [-0.1, -0.05) is 255 Å². The Morgan fingerprint density at radius 2 is 0.510 bits per heavy atom. The molecule has 0 aromatic carbocycles. The molecule has 0 heterocycles. The van der Waals surface area contributed by atoms with Gasteiger partial charge in [0.1, 0.15) is 19.3 Å². The Hall–Kier alpha value is -3.50. The van der Waals surface area contributed by atoms with Crippen molar-refractivity contribution in [3.8, 4) is 0 Å². The van der Waals surface area contributed by atoms with Gasteiger partial charge in [0.2, 0.25) is 0 Å². The van der Waals surface area contributed by atoms with Gasteiger partial charge >= 0.3 is 39.5 Å². The number of aliphatic hydroxyl groups excluding tert-OH is 1. The highest BCUT2D eigenvalue weighted by atomic mass is 31.2. The van der Waals surface area contributed by atoms with E-state index in [-0.39, 0.29) is 25.7 Å². The molecule has 558 valence electrons. The third-order valence-corrected chi connectivity index (χ3v) is 18.1. The van der Waals surface area contributed by atoms with Crippen LogP contribution in [0.3, 0.4) is 0 Å². The highest BCUT2D eigenvalue weighted by molar-refractivity contribution is 7.47. The minimum absolute atomic E-state index is 0.0834. The molecule has 0 spiro atoms. The minimum atomic E-state index is -4.97. The van der Waals surface area contributed by atoms with Gasteiger partial charge in [0.15, 0.2) is 12.2 Å². The van der Waals surface area contributed by atoms with Crippen molar-refractivity contribution in [1.29, 1.82) is 0 Å². The molecule has 0 bridgehead atoms. The Bertz CT molecular complexity index is 1960. The van der Waals surface area contributed by atoms with Gasteiger partial charge in [-0.2, -0.15) is 0 Å². The van der Waals surface area contributed by atoms with Crippen LogP contribution in [0, 0.1) is 0 Å². The Labute approximate surface area is 583 Å². The summed E-state index contributed by atoms with van der Waals surface area (Å²) in [4.78, 5) is 72.8. The maximum Gasteiger partial charge on any atom is 0.472 e. The first kappa shape index (κ1) is 92.5. The summed E-state index contributed by atoms with van der Waals surface area (Å²) in [7, 11) is -9.95. The van der Waals surface area contributed by atoms with Crippen molar-refractivity contribution in [2.75, 3.05) is 39.6 Å². The van der Waals surface area contributed by atoms with Crippen molar-refractivity contribution in [3.05, 3.63) is 72.9 Å². The molecule has 0 saturated carbocycles. The molecule has 0 radical (unpaired) electrons. The molecule has 96 heavy (non-hydrogen) atoms. The van der Waals surface area contributed by atoms with E-state index < -0.39 is 97.5 Å². The first-order chi connectivity index (χ1) is 46.7. The van der Waals surface area contributed by atoms with Crippen molar-refractivity contribution in [3.63, 3.8) is 0 Å². The summed E-state index contributed by atoms with van der Waals surface area (Å²) in [6.45, 7) is 4.78. The van der Waals surface area contributed by atoms with Crippen LogP contribution in [0.15, 0.2) is 72.9 Å². The number of esters is 4. The maximum absolute atomic E-state index is 13.1. The summed E-state index contributed by atoms with van der Waals surface area (Å²) in [6.07, 6.45) is 68.9. The topological polar surface area (TPSA) is 237 Å². The summed E-state index contributed by atoms with van der Waals surface area (Å²) >= 11 is 0. The molecule has 0 aromatic rings. The van der Waals surface area contributed by atoms with E-state index in [1.165, 1.54) is 103 Å². The van der Waals surface area contributed by atoms with Crippen molar-refractivity contribution in [2.45, 2.75) is 354 Å². The number of unbranched alkanes of at least 4 members (excludes halogenated alkanes) is 36. The van der Waals surface area contributed by atoms with Gasteiger partial charge in [0.25, 0.3) is 0 Å². The maximum atomic E-state index is 13.1. The third-order valence-electron chi connectivity index (χ3n) is 16.2. The summed E-state index contributed by atoms with van der Waals surface area (Å²) in [5, 5.41) is 10.6. The average Bonchev–Trinajstić information content (AvgIpc) is 1.14. The van der Waals surface area contributed by atoms with Gasteiger partial charge in [0, 0.05) is 25.7 Å². The van der Waals surface area contributed by atoms with Gasteiger partial charge in [-0.3, -0.25) is 37.3 Å². The van der Waals surface area contributed by atoms with Gasteiger partial charge in [-0.15, -0.1) is 0 Å². The van der Waals surface area contributed by atoms with Crippen molar-refractivity contribution < 1.29 is 80.2 Å². The predicted molar refractivity (Wildman–Crippen MR) is 390 cm³/mol. The lowest BCUT2D eigenvalue weighted by atomic mass is 10.1. The SMILES string of the molecule is CCCCCC/C=C\C=C/CCCCCCCC(=O)OC[C@H](COP(=O)(O)OCC(O)COP(=O)(O)OC[C@@H](COC(=O)CCCCCCC/C=C\C=C/CCCCCC)OC(=O)CCCCCCC/C=C\CCCCCC)OC(=O)CCCCCCC/C=C\CCCCCC. The summed E-state index contributed by atoms with van der Waals surface area (Å²) in [6, 6.07) is 0. The van der Waals surface area contributed by atoms with Crippen LogP contribution in [-0.4, -0.2) is 96.7 Å². The molecular weight excluding hydrogens is 1260 g/mol. The predicted octanol–water partition coefficient (Wildman–Crippen LogP) is 21.7. The molecule has 2 unspecified atom stereocenters. The number of carbonyl (C=O) groups is 4. The smallest absolute Gasteiger partial charge is 0.462 e. The first-order valence-electron chi connectivity index (χ1n) is 38.2. The van der Waals surface area contributed by atoms with E-state index in [4.69, 9.17) is 37.0 Å². The highest BCUT2D eigenvalue weighted by Crippen LogP contribution is 2.45. The van der Waals surface area contributed by atoms with E-state index in [2.05, 4.69) is 101 Å². The second-order valence-corrected chi connectivity index (χ2v) is 28.5. The Balaban J connectivity index is 5.35. The average molecular weight is 1400 g/mol. The molecule has 0 aromatic heterocycles. The lowest BCUT2D eigenvalue weighted by Gasteiger charge is -2.21. The second-order valence-electron chi connectivity index (χ2n) is 25.6. The largest absolute Gasteiger partial charge is 0.472 e. The van der Waals surface area contributed by atoms with E-state index in [0.29, 0.717) is 25.7 Å². The molecule has 0 saturated heterocycles. The monoisotopic (exact) mass is 1400 g/mol. The molecular formula is C77H138O17P2. The van der Waals surface area contributed by atoms with Gasteiger partial charge in [-0.05, 0) is 128 Å². The van der Waals surface area contributed by atoms with Crippen molar-refractivity contribution >= 4 is 39.5 Å². The number of allylic oxidation sites excluding steroid dienone is 12. The molecule has 0 rings (SSSR count). The molecule has 0 aliphatic heterocycles. The lowest BCUT2D eigenvalue weighted by molar-refractivity contribution is -0.161. The zero-order valence-corrected chi connectivity index (χ0v) is 62.6. The number of ether oxygens (including phenoxy) is 4. The molecule has 19 heteroatoms. The number of hydrogen-bond acceptors (Lipinski definition) is 15. The zero-order chi connectivity index (χ0) is 70.4.